The van der Waals surface area contributed by atoms with Crippen molar-refractivity contribution >= 4 is 0 Å². The van der Waals surface area contributed by atoms with Crippen LogP contribution >= 0.6 is 0 Å². The van der Waals surface area contributed by atoms with Crippen LogP contribution in [0.1, 0.15) is 42.7 Å². The molecule has 1 unspecified atom stereocenters. The fourth-order valence-electron chi connectivity index (χ4n) is 4.99. The summed E-state index contributed by atoms with van der Waals surface area (Å²) < 4.78 is 36.8. The van der Waals surface area contributed by atoms with Gasteiger partial charge in [0.05, 0.1) is 13.2 Å². The van der Waals surface area contributed by atoms with Crippen molar-refractivity contribution in [2.75, 3.05) is 46.1 Å². The van der Waals surface area contributed by atoms with Gasteiger partial charge in [-0.05, 0) is 68.1 Å². The number of hydrogen-bond donors (Lipinski definition) is 0. The molecule has 0 spiro atoms. The molecule has 2 aromatic rings. The zero-order valence-electron chi connectivity index (χ0n) is 17.9. The number of ether oxygens (including phenoxy) is 4. The van der Waals surface area contributed by atoms with Crippen LogP contribution in [0.2, 0.25) is 0 Å². The summed E-state index contributed by atoms with van der Waals surface area (Å²) in [5.74, 6) is 1.26. The lowest BCUT2D eigenvalue weighted by Gasteiger charge is -2.34. The Morgan fingerprint density at radius 1 is 0.935 bits per heavy atom. The fourth-order valence-corrected chi connectivity index (χ4v) is 4.99. The Balaban J connectivity index is 1.19. The highest BCUT2D eigenvalue weighted by Crippen LogP contribution is 2.38. The lowest BCUT2D eigenvalue weighted by atomic mass is 9.90. The van der Waals surface area contributed by atoms with Gasteiger partial charge in [0, 0.05) is 18.5 Å². The van der Waals surface area contributed by atoms with E-state index >= 15 is 0 Å². The first-order valence-electron chi connectivity index (χ1n) is 11.4. The van der Waals surface area contributed by atoms with Crippen LogP contribution in [0.3, 0.4) is 0 Å². The van der Waals surface area contributed by atoms with Gasteiger partial charge in [-0.3, -0.25) is 0 Å². The number of hydrogen-bond acceptors (Lipinski definition) is 5. The summed E-state index contributed by atoms with van der Waals surface area (Å²) in [6.45, 7) is 5.55. The van der Waals surface area contributed by atoms with Gasteiger partial charge < -0.3 is 23.8 Å². The molecular weight excluding hydrogens is 397 g/mol. The molecule has 0 aromatic heterocycles. The third kappa shape index (κ3) is 4.56. The van der Waals surface area contributed by atoms with Crippen LogP contribution in [0.4, 0.5) is 4.39 Å². The van der Waals surface area contributed by atoms with Crippen LogP contribution in [-0.4, -0.2) is 51.0 Å². The Hall–Kier alpha value is -2.15. The van der Waals surface area contributed by atoms with E-state index in [2.05, 4.69) is 17.0 Å². The maximum Gasteiger partial charge on any atom is 0.195 e. The zero-order chi connectivity index (χ0) is 21.1. The van der Waals surface area contributed by atoms with Crippen molar-refractivity contribution in [1.82, 2.24) is 4.90 Å². The van der Waals surface area contributed by atoms with Crippen LogP contribution in [0.25, 0.3) is 0 Å². The maximum atomic E-state index is 13.4. The number of fused-ring (bicyclic) bond motifs is 1. The summed E-state index contributed by atoms with van der Waals surface area (Å²) >= 11 is 0. The second-order valence-electron chi connectivity index (χ2n) is 8.60. The smallest absolute Gasteiger partial charge is 0.195 e. The van der Waals surface area contributed by atoms with Crippen molar-refractivity contribution in [3.8, 4) is 11.5 Å². The van der Waals surface area contributed by atoms with Crippen molar-refractivity contribution in [2.45, 2.75) is 37.4 Å². The highest BCUT2D eigenvalue weighted by molar-refractivity contribution is 5.45. The van der Waals surface area contributed by atoms with Crippen LogP contribution < -0.4 is 9.47 Å². The average molecular weight is 428 g/mol. The van der Waals surface area contributed by atoms with E-state index in [0.29, 0.717) is 32.3 Å². The fraction of sp³-hybridized carbons (Fsp3) is 0.520. The Kier molecular flexibility index (Phi) is 6.12. The van der Waals surface area contributed by atoms with Gasteiger partial charge in [-0.1, -0.05) is 18.2 Å². The lowest BCUT2D eigenvalue weighted by Crippen LogP contribution is -2.36. The van der Waals surface area contributed by atoms with Gasteiger partial charge >= 0.3 is 0 Å². The molecule has 3 heterocycles. The standard InChI is InChI=1S/C25H30FNO4/c26-22-7-5-21(6-8-22)25(30-15-16-31-25)10-2-12-27-11-1-3-20(18-27)19-4-9-23-24(17-19)29-14-13-28-23/h4-9,17,20H,1-3,10-16,18H2. The molecule has 3 aliphatic rings. The maximum absolute atomic E-state index is 13.4. The molecular formula is C25H30FNO4. The third-order valence-corrected chi connectivity index (χ3v) is 6.56. The molecule has 166 valence electrons. The number of piperidine rings is 1. The summed E-state index contributed by atoms with van der Waals surface area (Å²) in [4.78, 5) is 2.54. The van der Waals surface area contributed by atoms with Gasteiger partial charge in [0.25, 0.3) is 0 Å². The minimum absolute atomic E-state index is 0.240. The summed E-state index contributed by atoms with van der Waals surface area (Å²) in [5.41, 5.74) is 2.23. The SMILES string of the molecule is Fc1ccc(C2(CCCN3CCCC(c4ccc5c(c4)OCCO5)C3)OCCO2)cc1. The molecule has 6 heteroatoms. The molecule has 5 nitrogen and oxygen atoms in total. The van der Waals surface area contributed by atoms with Gasteiger partial charge in [0.1, 0.15) is 19.0 Å². The first-order valence-corrected chi connectivity index (χ1v) is 11.4. The van der Waals surface area contributed by atoms with Crippen molar-refractivity contribution in [3.63, 3.8) is 0 Å². The largest absolute Gasteiger partial charge is 0.486 e. The predicted molar refractivity (Wildman–Crippen MR) is 115 cm³/mol. The van der Waals surface area contributed by atoms with Gasteiger partial charge in [-0.2, -0.15) is 0 Å². The molecule has 0 amide bonds. The molecule has 0 aliphatic carbocycles. The van der Waals surface area contributed by atoms with Gasteiger partial charge in [-0.15, -0.1) is 0 Å². The molecule has 0 saturated carbocycles. The number of nitrogens with zero attached hydrogens (tertiary/aromatic N) is 1. The van der Waals surface area contributed by atoms with E-state index in [1.807, 2.05) is 6.07 Å². The van der Waals surface area contributed by atoms with Gasteiger partial charge in [0.2, 0.25) is 0 Å². The van der Waals surface area contributed by atoms with Gasteiger partial charge in [-0.25, -0.2) is 4.39 Å². The number of halogens is 1. The Bertz CT molecular complexity index is 882. The molecule has 1 atom stereocenters. The van der Waals surface area contributed by atoms with Gasteiger partial charge in [0.15, 0.2) is 17.3 Å². The van der Waals surface area contributed by atoms with Crippen molar-refractivity contribution < 1.29 is 23.3 Å². The normalized spacial score (nSPS) is 23.1. The average Bonchev–Trinajstić information content (AvgIpc) is 3.29. The topological polar surface area (TPSA) is 40.2 Å². The second-order valence-corrected chi connectivity index (χ2v) is 8.60. The predicted octanol–water partition coefficient (Wildman–Crippen LogP) is 4.46. The molecule has 2 aromatic carbocycles. The third-order valence-electron chi connectivity index (χ3n) is 6.56. The zero-order valence-corrected chi connectivity index (χ0v) is 17.9. The molecule has 0 bridgehead atoms. The summed E-state index contributed by atoms with van der Waals surface area (Å²) in [5, 5.41) is 0. The van der Waals surface area contributed by atoms with E-state index in [9.17, 15) is 4.39 Å². The van der Waals surface area contributed by atoms with Crippen molar-refractivity contribution in [1.29, 1.82) is 0 Å². The number of rotatable bonds is 6. The van der Waals surface area contributed by atoms with E-state index in [0.717, 1.165) is 49.5 Å². The molecule has 0 radical (unpaired) electrons. The molecule has 2 fully saturated rings. The molecule has 3 aliphatic heterocycles. The quantitative estimate of drug-likeness (QED) is 0.681. The summed E-state index contributed by atoms with van der Waals surface area (Å²) in [7, 11) is 0. The lowest BCUT2D eigenvalue weighted by molar-refractivity contribution is -0.172. The van der Waals surface area contributed by atoms with Crippen molar-refractivity contribution in [2.24, 2.45) is 0 Å². The first kappa shape index (κ1) is 20.7. The van der Waals surface area contributed by atoms with E-state index in [1.54, 1.807) is 12.1 Å². The van der Waals surface area contributed by atoms with E-state index in [-0.39, 0.29) is 5.82 Å². The molecule has 31 heavy (non-hydrogen) atoms. The van der Waals surface area contributed by atoms with Crippen LogP contribution in [0.5, 0.6) is 11.5 Å². The van der Waals surface area contributed by atoms with E-state index in [1.165, 1.54) is 30.5 Å². The first-order chi connectivity index (χ1) is 15.2. The summed E-state index contributed by atoms with van der Waals surface area (Å²) in [6, 6.07) is 12.9. The van der Waals surface area contributed by atoms with E-state index in [4.69, 9.17) is 18.9 Å². The summed E-state index contributed by atoms with van der Waals surface area (Å²) in [6.07, 6.45) is 4.12. The minimum atomic E-state index is -0.737. The number of likely N-dealkylation sites (tertiary alicyclic amines) is 1. The van der Waals surface area contributed by atoms with Crippen LogP contribution in [0.15, 0.2) is 42.5 Å². The monoisotopic (exact) mass is 427 g/mol. The highest BCUT2D eigenvalue weighted by atomic mass is 19.1. The molecule has 5 rings (SSSR count). The molecule has 2 saturated heterocycles. The highest BCUT2D eigenvalue weighted by Gasteiger charge is 2.38. The van der Waals surface area contributed by atoms with E-state index < -0.39 is 5.79 Å². The number of benzene rings is 2. The van der Waals surface area contributed by atoms with Crippen molar-refractivity contribution in [3.05, 3.63) is 59.4 Å². The Labute approximate surface area is 183 Å². The van der Waals surface area contributed by atoms with Crippen LogP contribution in [0, 0.1) is 5.82 Å². The minimum Gasteiger partial charge on any atom is -0.486 e. The Morgan fingerprint density at radius 2 is 1.71 bits per heavy atom. The Morgan fingerprint density at radius 3 is 2.52 bits per heavy atom. The molecule has 0 N–H and O–H groups in total. The second kappa shape index (κ2) is 9.15. The van der Waals surface area contributed by atoms with Crippen LogP contribution in [-0.2, 0) is 15.3 Å².